The average Bonchev–Trinajstić information content (AvgIpc) is 2.60. The predicted molar refractivity (Wildman–Crippen MR) is 97.9 cm³/mol. The molecule has 0 aliphatic heterocycles. The lowest BCUT2D eigenvalue weighted by Crippen LogP contribution is -2.14. The van der Waals surface area contributed by atoms with Gasteiger partial charge < -0.3 is 9.64 Å². The molecule has 0 aliphatic carbocycles. The molecule has 2 rings (SSSR count). The smallest absolute Gasteiger partial charge is 0.338 e. The molecule has 5 heteroatoms. The van der Waals surface area contributed by atoms with Crippen molar-refractivity contribution in [2.24, 2.45) is 4.99 Å². The fraction of sp³-hybridized carbons (Fsp3) is 0.300. The predicted octanol–water partition coefficient (Wildman–Crippen LogP) is 4.41. The number of hydrogen-bond donors (Lipinski definition) is 0. The summed E-state index contributed by atoms with van der Waals surface area (Å²) in [5.41, 5.74) is 3.70. The largest absolute Gasteiger partial charge is 0.457 e. The summed E-state index contributed by atoms with van der Waals surface area (Å²) in [6, 6.07) is 9.54. The SMILES string of the molecule is CCN(C)/C=N/c1ccc(C(=O)OCc2cccc(F)c2)c(C)c1C. The zero-order chi connectivity index (χ0) is 18.4. The lowest BCUT2D eigenvalue weighted by molar-refractivity contribution is 0.0471. The van der Waals surface area contributed by atoms with Crippen LogP contribution >= 0.6 is 0 Å². The van der Waals surface area contributed by atoms with Crippen molar-refractivity contribution < 1.29 is 13.9 Å². The van der Waals surface area contributed by atoms with E-state index in [1.165, 1.54) is 12.1 Å². The van der Waals surface area contributed by atoms with Crippen molar-refractivity contribution in [1.82, 2.24) is 4.90 Å². The molecule has 0 saturated carbocycles. The number of esters is 1. The fourth-order valence-corrected chi connectivity index (χ4v) is 2.26. The van der Waals surface area contributed by atoms with Crippen LogP contribution in [0.15, 0.2) is 41.4 Å². The van der Waals surface area contributed by atoms with Crippen molar-refractivity contribution in [3.63, 3.8) is 0 Å². The molecule has 0 radical (unpaired) electrons. The second-order valence-corrected chi connectivity index (χ2v) is 5.91. The van der Waals surface area contributed by atoms with E-state index in [4.69, 9.17) is 4.74 Å². The summed E-state index contributed by atoms with van der Waals surface area (Å²) in [5.74, 6) is -0.772. The molecule has 0 fully saturated rings. The summed E-state index contributed by atoms with van der Waals surface area (Å²) >= 11 is 0. The molecule has 0 unspecified atom stereocenters. The molecule has 0 bridgehead atoms. The third kappa shape index (κ3) is 4.89. The van der Waals surface area contributed by atoms with E-state index >= 15 is 0 Å². The van der Waals surface area contributed by atoms with Crippen molar-refractivity contribution >= 4 is 18.0 Å². The molecule has 0 spiro atoms. The summed E-state index contributed by atoms with van der Waals surface area (Å²) < 4.78 is 18.5. The number of aliphatic imine (C=N–C) groups is 1. The Bertz CT molecular complexity index is 787. The molecule has 4 nitrogen and oxygen atoms in total. The van der Waals surface area contributed by atoms with Gasteiger partial charge in [-0.1, -0.05) is 12.1 Å². The minimum Gasteiger partial charge on any atom is -0.457 e. The number of carbonyl (C=O) groups excluding carboxylic acids is 1. The normalized spacial score (nSPS) is 10.9. The molecule has 0 amide bonds. The van der Waals surface area contributed by atoms with Gasteiger partial charge in [-0.25, -0.2) is 14.2 Å². The van der Waals surface area contributed by atoms with Crippen molar-refractivity contribution in [2.75, 3.05) is 13.6 Å². The number of nitrogens with zero attached hydrogens (tertiary/aromatic N) is 2. The first-order valence-corrected chi connectivity index (χ1v) is 8.18. The van der Waals surface area contributed by atoms with Gasteiger partial charge >= 0.3 is 5.97 Å². The van der Waals surface area contributed by atoms with E-state index in [-0.39, 0.29) is 12.4 Å². The Hall–Kier alpha value is -2.69. The minimum absolute atomic E-state index is 0.0380. The lowest BCUT2D eigenvalue weighted by atomic mass is 10.0. The maximum absolute atomic E-state index is 13.2. The van der Waals surface area contributed by atoms with Crippen molar-refractivity contribution in [1.29, 1.82) is 0 Å². The van der Waals surface area contributed by atoms with Gasteiger partial charge in [0.15, 0.2) is 0 Å². The van der Waals surface area contributed by atoms with Gasteiger partial charge in [0.25, 0.3) is 0 Å². The highest BCUT2D eigenvalue weighted by molar-refractivity contribution is 5.92. The van der Waals surface area contributed by atoms with Gasteiger partial charge in [0.05, 0.1) is 17.6 Å². The summed E-state index contributed by atoms with van der Waals surface area (Å²) in [4.78, 5) is 18.8. The first kappa shape index (κ1) is 18.6. The molecule has 2 aromatic carbocycles. The lowest BCUT2D eigenvalue weighted by Gasteiger charge is -2.12. The highest BCUT2D eigenvalue weighted by atomic mass is 19.1. The number of ether oxygens (including phenoxy) is 1. The number of halogens is 1. The van der Waals surface area contributed by atoms with Crippen LogP contribution in [0.5, 0.6) is 0 Å². The summed E-state index contributed by atoms with van der Waals surface area (Å²) in [7, 11) is 1.95. The maximum Gasteiger partial charge on any atom is 0.338 e. The molecule has 0 N–H and O–H groups in total. The monoisotopic (exact) mass is 342 g/mol. The number of rotatable bonds is 6. The average molecular weight is 342 g/mol. The van der Waals surface area contributed by atoms with E-state index in [0.717, 1.165) is 23.4 Å². The second kappa shape index (κ2) is 8.42. The Labute approximate surface area is 148 Å². The third-order valence-corrected chi connectivity index (χ3v) is 4.13. The van der Waals surface area contributed by atoms with Crippen molar-refractivity contribution in [3.05, 3.63) is 64.5 Å². The molecule has 2 aromatic rings. The van der Waals surface area contributed by atoms with Gasteiger partial charge in [0.1, 0.15) is 12.4 Å². The topological polar surface area (TPSA) is 41.9 Å². The number of carbonyl (C=O) groups is 1. The van der Waals surface area contributed by atoms with Crippen LogP contribution in [0.2, 0.25) is 0 Å². The Morgan fingerprint density at radius 3 is 2.68 bits per heavy atom. The Morgan fingerprint density at radius 2 is 2.00 bits per heavy atom. The maximum atomic E-state index is 13.2. The summed E-state index contributed by atoms with van der Waals surface area (Å²) in [6.45, 7) is 6.75. The first-order valence-electron chi connectivity index (χ1n) is 8.18. The van der Waals surface area contributed by atoms with E-state index in [1.807, 2.05) is 32.7 Å². The summed E-state index contributed by atoms with van der Waals surface area (Å²) in [5, 5.41) is 0. The summed E-state index contributed by atoms with van der Waals surface area (Å²) in [6.07, 6.45) is 1.77. The van der Waals surface area contributed by atoms with E-state index in [9.17, 15) is 9.18 Å². The molecule has 0 atom stereocenters. The van der Waals surface area contributed by atoms with Crippen LogP contribution < -0.4 is 0 Å². The van der Waals surface area contributed by atoms with Crippen LogP contribution in [0, 0.1) is 19.7 Å². The van der Waals surface area contributed by atoms with E-state index in [1.54, 1.807) is 30.6 Å². The Kier molecular flexibility index (Phi) is 6.28. The molecule has 0 heterocycles. The molecule has 0 aromatic heterocycles. The third-order valence-electron chi connectivity index (χ3n) is 4.13. The zero-order valence-electron chi connectivity index (χ0n) is 15.0. The van der Waals surface area contributed by atoms with Gasteiger partial charge in [-0.05, 0) is 61.7 Å². The number of hydrogen-bond acceptors (Lipinski definition) is 3. The van der Waals surface area contributed by atoms with Crippen LogP contribution in [0.1, 0.15) is 34.0 Å². The van der Waals surface area contributed by atoms with Gasteiger partial charge in [-0.2, -0.15) is 0 Å². The van der Waals surface area contributed by atoms with E-state index < -0.39 is 5.97 Å². The van der Waals surface area contributed by atoms with Gasteiger partial charge in [-0.15, -0.1) is 0 Å². The fourth-order valence-electron chi connectivity index (χ4n) is 2.26. The minimum atomic E-state index is -0.425. The van der Waals surface area contributed by atoms with Crippen LogP contribution in [0.3, 0.4) is 0 Å². The molecular weight excluding hydrogens is 319 g/mol. The Balaban J connectivity index is 2.12. The van der Waals surface area contributed by atoms with Crippen LogP contribution in [0.25, 0.3) is 0 Å². The van der Waals surface area contributed by atoms with Gasteiger partial charge in [0.2, 0.25) is 0 Å². The standard InChI is InChI=1S/C20H23FN2O2/c1-5-23(4)13-22-19-10-9-18(14(2)15(19)3)20(24)25-12-16-7-6-8-17(21)11-16/h6-11,13H,5,12H2,1-4H3/b22-13+. The van der Waals surface area contributed by atoms with Crippen molar-refractivity contribution in [2.45, 2.75) is 27.4 Å². The van der Waals surface area contributed by atoms with E-state index in [0.29, 0.717) is 11.1 Å². The number of benzene rings is 2. The molecular formula is C20H23FN2O2. The first-order chi connectivity index (χ1) is 11.9. The highest BCUT2D eigenvalue weighted by Crippen LogP contribution is 2.25. The molecule has 0 aliphatic rings. The molecule has 132 valence electrons. The quantitative estimate of drug-likeness (QED) is 0.443. The van der Waals surface area contributed by atoms with Crippen LogP contribution in [-0.2, 0) is 11.3 Å². The van der Waals surface area contributed by atoms with Crippen molar-refractivity contribution in [3.8, 4) is 0 Å². The second-order valence-electron chi connectivity index (χ2n) is 5.91. The van der Waals surface area contributed by atoms with Crippen LogP contribution in [-0.4, -0.2) is 30.8 Å². The highest BCUT2D eigenvalue weighted by Gasteiger charge is 2.14. The van der Waals surface area contributed by atoms with Gasteiger partial charge in [0, 0.05) is 13.6 Å². The van der Waals surface area contributed by atoms with Crippen LogP contribution in [0.4, 0.5) is 10.1 Å². The van der Waals surface area contributed by atoms with Gasteiger partial charge in [-0.3, -0.25) is 0 Å². The zero-order valence-corrected chi connectivity index (χ0v) is 15.0. The Morgan fingerprint density at radius 1 is 1.24 bits per heavy atom. The molecule has 0 saturated heterocycles. The molecule has 25 heavy (non-hydrogen) atoms. The van der Waals surface area contributed by atoms with E-state index in [2.05, 4.69) is 4.99 Å².